The summed E-state index contributed by atoms with van der Waals surface area (Å²) in [5, 5.41) is 5.69. The molecule has 4 rings (SSSR count). The fourth-order valence-electron chi connectivity index (χ4n) is 3.35. The third-order valence-corrected chi connectivity index (χ3v) is 6.91. The molecule has 1 heterocycles. The van der Waals surface area contributed by atoms with Crippen molar-refractivity contribution in [1.29, 1.82) is 0 Å². The summed E-state index contributed by atoms with van der Waals surface area (Å²) in [6.07, 6.45) is 3.13. The molecular weight excluding hydrogens is 649 g/mol. The van der Waals surface area contributed by atoms with E-state index in [-0.39, 0.29) is 5.56 Å². The van der Waals surface area contributed by atoms with Crippen LogP contribution >= 0.6 is 59.4 Å². The first-order valence-corrected chi connectivity index (χ1v) is 13.2. The molecule has 5 nitrogen and oxygen atoms in total. The van der Waals surface area contributed by atoms with Crippen LogP contribution in [0, 0.1) is 0 Å². The number of fused-ring (bicyclic) bond motifs is 1. The van der Waals surface area contributed by atoms with Crippen molar-refractivity contribution < 1.29 is 4.74 Å². The lowest BCUT2D eigenvalue weighted by Crippen LogP contribution is -2.22. The van der Waals surface area contributed by atoms with Gasteiger partial charge in [-0.2, -0.15) is 9.78 Å². The van der Waals surface area contributed by atoms with Crippen LogP contribution in [0.15, 0.2) is 77.9 Å². The van der Waals surface area contributed by atoms with E-state index in [9.17, 15) is 4.79 Å². The van der Waals surface area contributed by atoms with Crippen LogP contribution in [0.1, 0.15) is 30.3 Å². The summed E-state index contributed by atoms with van der Waals surface area (Å²) >= 11 is 16.5. The van der Waals surface area contributed by atoms with Gasteiger partial charge in [-0.3, -0.25) is 4.79 Å². The predicted molar refractivity (Wildman–Crippen MR) is 148 cm³/mol. The molecular formula is C25H19Br3ClN3O2. The van der Waals surface area contributed by atoms with Crippen LogP contribution < -0.4 is 10.3 Å². The van der Waals surface area contributed by atoms with E-state index in [2.05, 4.69) is 57.9 Å². The number of aryl methyl sites for hydroxylation is 1. The van der Waals surface area contributed by atoms with Crippen molar-refractivity contribution in [1.82, 2.24) is 9.66 Å². The summed E-state index contributed by atoms with van der Waals surface area (Å²) in [4.78, 5) is 17.8. The molecule has 0 aliphatic rings. The van der Waals surface area contributed by atoms with E-state index < -0.39 is 0 Å². The number of ether oxygens (including phenoxy) is 1. The zero-order valence-corrected chi connectivity index (χ0v) is 23.6. The van der Waals surface area contributed by atoms with Crippen LogP contribution in [0.25, 0.3) is 10.9 Å². The molecule has 0 saturated carbocycles. The lowest BCUT2D eigenvalue weighted by Gasteiger charge is -2.12. The van der Waals surface area contributed by atoms with E-state index in [0.717, 1.165) is 31.0 Å². The largest absolute Gasteiger partial charge is 0.487 e. The Kier molecular flexibility index (Phi) is 8.24. The van der Waals surface area contributed by atoms with E-state index in [1.54, 1.807) is 12.3 Å². The highest BCUT2D eigenvalue weighted by Gasteiger charge is 2.12. The Labute approximate surface area is 227 Å². The summed E-state index contributed by atoms with van der Waals surface area (Å²) in [5.41, 5.74) is 2.26. The van der Waals surface area contributed by atoms with Crippen LogP contribution in [0.3, 0.4) is 0 Å². The van der Waals surface area contributed by atoms with Crippen LogP contribution in [0.2, 0.25) is 5.02 Å². The van der Waals surface area contributed by atoms with Crippen LogP contribution in [0.4, 0.5) is 0 Å². The van der Waals surface area contributed by atoms with E-state index in [1.807, 2.05) is 55.5 Å². The molecule has 9 heteroatoms. The molecule has 0 fully saturated rings. The molecule has 3 aromatic carbocycles. The highest BCUT2D eigenvalue weighted by atomic mass is 79.9. The van der Waals surface area contributed by atoms with Gasteiger partial charge in [0.25, 0.3) is 5.56 Å². The van der Waals surface area contributed by atoms with Crippen molar-refractivity contribution >= 4 is 76.5 Å². The average Bonchev–Trinajstić information content (AvgIpc) is 2.80. The predicted octanol–water partition coefficient (Wildman–Crippen LogP) is 7.75. The fourth-order valence-corrected chi connectivity index (χ4v) is 5.29. The van der Waals surface area contributed by atoms with Crippen molar-refractivity contribution in [3.05, 3.63) is 100 Å². The number of hydrogen-bond acceptors (Lipinski definition) is 4. The molecule has 0 atom stereocenters. The molecule has 0 spiro atoms. The Balaban J connectivity index is 1.63. The average molecular weight is 669 g/mol. The van der Waals surface area contributed by atoms with Gasteiger partial charge in [0.2, 0.25) is 0 Å². The summed E-state index contributed by atoms with van der Waals surface area (Å²) in [6.45, 7) is 2.44. The van der Waals surface area contributed by atoms with E-state index in [0.29, 0.717) is 40.5 Å². The third-order valence-electron chi connectivity index (χ3n) is 4.99. The Morgan fingerprint density at radius 3 is 2.44 bits per heavy atom. The third kappa shape index (κ3) is 5.79. The summed E-state index contributed by atoms with van der Waals surface area (Å²) in [6, 6.07) is 16.8. The van der Waals surface area contributed by atoms with Gasteiger partial charge in [0, 0.05) is 15.9 Å². The lowest BCUT2D eigenvalue weighted by molar-refractivity contribution is 0.302. The maximum atomic E-state index is 13.2. The number of nitrogens with zero attached hydrogens (tertiary/aromatic N) is 3. The van der Waals surface area contributed by atoms with E-state index >= 15 is 0 Å². The standard InChI is InChI=1S/C25H19Br3ClN3O2/c1-2-3-23-31-22-9-6-17(26)12-19(22)25(33)32(23)30-13-16-10-20(27)24(21(28)11-16)34-14-15-4-7-18(29)8-5-15/h4-13H,2-3,14H2,1H3. The highest BCUT2D eigenvalue weighted by molar-refractivity contribution is 9.11. The molecule has 0 unspecified atom stereocenters. The van der Waals surface area contributed by atoms with Crippen molar-refractivity contribution in [2.24, 2.45) is 5.10 Å². The second-order valence-electron chi connectivity index (χ2n) is 7.53. The molecule has 0 N–H and O–H groups in total. The van der Waals surface area contributed by atoms with Gasteiger partial charge >= 0.3 is 0 Å². The second-order valence-corrected chi connectivity index (χ2v) is 10.6. The van der Waals surface area contributed by atoms with Gasteiger partial charge in [-0.1, -0.05) is 46.6 Å². The van der Waals surface area contributed by atoms with Crippen LogP contribution in [0.5, 0.6) is 5.75 Å². The molecule has 4 aromatic rings. The van der Waals surface area contributed by atoms with Gasteiger partial charge in [0.05, 0.1) is 26.1 Å². The topological polar surface area (TPSA) is 56.5 Å². The van der Waals surface area contributed by atoms with Crippen molar-refractivity contribution in [3.8, 4) is 5.75 Å². The molecule has 174 valence electrons. The van der Waals surface area contributed by atoms with Gasteiger partial charge in [-0.05, 0) is 91.9 Å². The number of hydrogen-bond donors (Lipinski definition) is 0. The van der Waals surface area contributed by atoms with Gasteiger partial charge < -0.3 is 4.74 Å². The molecule has 1 aromatic heterocycles. The minimum absolute atomic E-state index is 0.202. The maximum absolute atomic E-state index is 13.2. The number of aromatic nitrogens is 2. The molecule has 0 saturated heterocycles. The molecule has 0 aliphatic carbocycles. The van der Waals surface area contributed by atoms with Crippen LogP contribution in [-0.4, -0.2) is 15.9 Å². The summed E-state index contributed by atoms with van der Waals surface area (Å²) in [7, 11) is 0. The van der Waals surface area contributed by atoms with Crippen molar-refractivity contribution in [2.45, 2.75) is 26.4 Å². The van der Waals surface area contributed by atoms with Gasteiger partial charge in [0.1, 0.15) is 18.2 Å². The minimum atomic E-state index is -0.202. The number of rotatable bonds is 7. The molecule has 0 amide bonds. The molecule has 0 radical (unpaired) electrons. The monoisotopic (exact) mass is 665 g/mol. The van der Waals surface area contributed by atoms with Gasteiger partial charge in [0.15, 0.2) is 0 Å². The smallest absolute Gasteiger partial charge is 0.282 e. The first-order chi connectivity index (χ1) is 16.4. The fraction of sp³-hybridized carbons (Fsp3) is 0.160. The van der Waals surface area contributed by atoms with Crippen molar-refractivity contribution in [3.63, 3.8) is 0 Å². The lowest BCUT2D eigenvalue weighted by atomic mass is 10.2. The Hall–Kier alpha value is -2.00. The Morgan fingerprint density at radius 1 is 1.06 bits per heavy atom. The maximum Gasteiger partial charge on any atom is 0.282 e. The number of halogens is 4. The first kappa shape index (κ1) is 25.1. The molecule has 0 aliphatic heterocycles. The summed E-state index contributed by atoms with van der Waals surface area (Å²) in [5.74, 6) is 1.30. The zero-order chi connectivity index (χ0) is 24.2. The summed E-state index contributed by atoms with van der Waals surface area (Å²) < 4.78 is 9.71. The zero-order valence-electron chi connectivity index (χ0n) is 18.1. The molecule has 0 bridgehead atoms. The second kappa shape index (κ2) is 11.2. The molecule has 34 heavy (non-hydrogen) atoms. The Bertz CT molecular complexity index is 1410. The quantitative estimate of drug-likeness (QED) is 0.189. The minimum Gasteiger partial charge on any atom is -0.487 e. The van der Waals surface area contributed by atoms with Gasteiger partial charge in [-0.25, -0.2) is 4.98 Å². The first-order valence-electron chi connectivity index (χ1n) is 10.5. The normalized spacial score (nSPS) is 11.4. The number of benzene rings is 3. The van der Waals surface area contributed by atoms with E-state index in [4.69, 9.17) is 16.3 Å². The van der Waals surface area contributed by atoms with Crippen molar-refractivity contribution in [2.75, 3.05) is 0 Å². The van der Waals surface area contributed by atoms with Gasteiger partial charge in [-0.15, -0.1) is 0 Å². The SMILES string of the molecule is CCCc1nc2ccc(Br)cc2c(=O)n1N=Cc1cc(Br)c(OCc2ccc(Cl)cc2)c(Br)c1. The highest BCUT2D eigenvalue weighted by Crippen LogP contribution is 2.35. The van der Waals surface area contributed by atoms with Crippen LogP contribution in [-0.2, 0) is 13.0 Å². The van der Waals surface area contributed by atoms with E-state index in [1.165, 1.54) is 4.68 Å². The Morgan fingerprint density at radius 2 is 1.76 bits per heavy atom.